The number of hydrogen-bond donors (Lipinski definition) is 1. The van der Waals surface area contributed by atoms with E-state index < -0.39 is 0 Å². The third-order valence-corrected chi connectivity index (χ3v) is 7.83. The van der Waals surface area contributed by atoms with Crippen LogP contribution in [0.2, 0.25) is 0 Å². The average Bonchev–Trinajstić information content (AvgIpc) is 3.59. The second kappa shape index (κ2) is 11.0. The zero-order valence-electron chi connectivity index (χ0n) is 20.2. The van der Waals surface area contributed by atoms with E-state index in [-0.39, 0.29) is 5.82 Å². The van der Waals surface area contributed by atoms with Crippen LogP contribution in [0.3, 0.4) is 0 Å². The Balaban J connectivity index is 1.38. The predicted molar refractivity (Wildman–Crippen MR) is 154 cm³/mol. The van der Waals surface area contributed by atoms with Crippen LogP contribution in [0.1, 0.15) is 5.01 Å². The fourth-order valence-electron chi connectivity index (χ4n) is 4.14. The Hall–Kier alpha value is -4.27. The van der Waals surface area contributed by atoms with E-state index in [2.05, 4.69) is 56.5 Å². The lowest BCUT2D eigenvalue weighted by Crippen LogP contribution is -1.99. The highest BCUT2D eigenvalue weighted by Gasteiger charge is 2.22. The molecule has 0 atom stereocenters. The number of para-hydroxylation sites is 2. The average molecular weight is 536 g/mol. The van der Waals surface area contributed by atoms with Crippen molar-refractivity contribution in [3.63, 3.8) is 0 Å². The minimum Gasteiger partial charge on any atom is -0.328 e. The normalized spacial score (nSPS) is 11.0. The Bertz CT molecular complexity index is 1650. The molecule has 5 nitrogen and oxygen atoms in total. The van der Waals surface area contributed by atoms with Gasteiger partial charge in [-0.2, -0.15) is 0 Å². The molecule has 0 spiro atoms. The van der Waals surface area contributed by atoms with Gasteiger partial charge in [0.15, 0.2) is 5.16 Å². The molecule has 0 saturated carbocycles. The Kier molecular flexibility index (Phi) is 6.97. The number of nitrogens with one attached hydrogen (secondary N) is 1. The molecule has 4 aromatic carbocycles. The van der Waals surface area contributed by atoms with Crippen LogP contribution in [0.4, 0.5) is 15.2 Å². The lowest BCUT2D eigenvalue weighted by Gasteiger charge is -2.13. The molecule has 0 aliphatic heterocycles. The number of benzene rings is 4. The molecule has 6 rings (SSSR count). The summed E-state index contributed by atoms with van der Waals surface area (Å²) in [5.74, 6) is 0.244. The molecule has 1 N–H and O–H groups in total. The third-order valence-electron chi connectivity index (χ3n) is 5.86. The number of halogens is 1. The van der Waals surface area contributed by atoms with Crippen molar-refractivity contribution >= 4 is 33.9 Å². The molecule has 38 heavy (non-hydrogen) atoms. The van der Waals surface area contributed by atoms with Crippen LogP contribution in [0.25, 0.3) is 28.2 Å². The topological polar surface area (TPSA) is 55.6 Å². The number of anilines is 2. The van der Waals surface area contributed by atoms with Gasteiger partial charge in [0.25, 0.3) is 0 Å². The summed E-state index contributed by atoms with van der Waals surface area (Å²) in [6, 6.07) is 37.4. The van der Waals surface area contributed by atoms with Crippen molar-refractivity contribution in [1.82, 2.24) is 19.7 Å². The van der Waals surface area contributed by atoms with E-state index in [0.717, 1.165) is 38.4 Å². The minimum atomic E-state index is -0.328. The number of hydrogen-bond acceptors (Lipinski definition) is 6. The molecule has 0 saturated heterocycles. The van der Waals surface area contributed by atoms with Crippen LogP contribution in [-0.4, -0.2) is 19.7 Å². The van der Waals surface area contributed by atoms with Crippen molar-refractivity contribution in [1.29, 1.82) is 0 Å². The van der Waals surface area contributed by atoms with Crippen LogP contribution >= 0.6 is 23.1 Å². The van der Waals surface area contributed by atoms with E-state index in [4.69, 9.17) is 4.98 Å². The number of imidazole rings is 1. The van der Waals surface area contributed by atoms with Crippen LogP contribution < -0.4 is 5.32 Å². The summed E-state index contributed by atoms with van der Waals surface area (Å²) in [4.78, 5) is 5.15. The molecule has 0 unspecified atom stereocenters. The van der Waals surface area contributed by atoms with Crippen LogP contribution in [0.15, 0.2) is 120 Å². The first-order chi connectivity index (χ1) is 18.8. The molecule has 6 aromatic rings. The largest absolute Gasteiger partial charge is 0.328 e. The second-order valence-electron chi connectivity index (χ2n) is 8.39. The molecule has 0 amide bonds. The summed E-state index contributed by atoms with van der Waals surface area (Å²) in [7, 11) is 0. The Morgan fingerprint density at radius 3 is 2.08 bits per heavy atom. The molecule has 0 radical (unpaired) electrons. The van der Waals surface area contributed by atoms with Crippen molar-refractivity contribution < 1.29 is 4.39 Å². The van der Waals surface area contributed by atoms with Crippen molar-refractivity contribution in [3.05, 3.63) is 126 Å². The fourth-order valence-corrected chi connectivity index (χ4v) is 5.89. The number of nitrogens with zero attached hydrogens (tertiary/aromatic N) is 4. The summed E-state index contributed by atoms with van der Waals surface area (Å²) < 4.78 is 16.3. The van der Waals surface area contributed by atoms with Crippen LogP contribution in [0.5, 0.6) is 0 Å². The van der Waals surface area contributed by atoms with E-state index in [9.17, 15) is 4.39 Å². The van der Waals surface area contributed by atoms with Gasteiger partial charge < -0.3 is 5.32 Å². The predicted octanol–water partition coefficient (Wildman–Crippen LogP) is 8.23. The second-order valence-corrected chi connectivity index (χ2v) is 10.4. The van der Waals surface area contributed by atoms with Gasteiger partial charge in [0.1, 0.15) is 10.8 Å². The van der Waals surface area contributed by atoms with Crippen LogP contribution in [0, 0.1) is 5.82 Å². The highest BCUT2D eigenvalue weighted by Crippen LogP contribution is 2.39. The molecule has 8 heteroatoms. The third kappa shape index (κ3) is 5.09. The van der Waals surface area contributed by atoms with E-state index in [1.807, 2.05) is 54.6 Å². The number of rotatable bonds is 8. The lowest BCUT2D eigenvalue weighted by atomic mass is 10.0. The van der Waals surface area contributed by atoms with Gasteiger partial charge >= 0.3 is 0 Å². The fraction of sp³-hybridized carbons (Fsp3) is 0.0333. The highest BCUT2D eigenvalue weighted by atomic mass is 32.2. The lowest BCUT2D eigenvalue weighted by molar-refractivity contribution is 0.632. The zero-order chi connectivity index (χ0) is 25.7. The Labute approximate surface area is 228 Å². The molecule has 2 heterocycles. The number of aromatic nitrogens is 4. The molecule has 0 aliphatic carbocycles. The Morgan fingerprint density at radius 1 is 0.737 bits per heavy atom. The summed E-state index contributed by atoms with van der Waals surface area (Å²) in [6.07, 6.45) is 0. The quantitative estimate of drug-likeness (QED) is 0.199. The Morgan fingerprint density at radius 2 is 1.37 bits per heavy atom. The van der Waals surface area contributed by atoms with Gasteiger partial charge in [0, 0.05) is 16.8 Å². The summed E-state index contributed by atoms with van der Waals surface area (Å²) in [5.41, 5.74) is 5.49. The maximum absolute atomic E-state index is 14.1. The van der Waals surface area contributed by atoms with Gasteiger partial charge in [0.05, 0.1) is 22.8 Å². The van der Waals surface area contributed by atoms with Gasteiger partial charge in [-0.1, -0.05) is 114 Å². The maximum atomic E-state index is 14.1. The van der Waals surface area contributed by atoms with E-state index >= 15 is 0 Å². The zero-order valence-corrected chi connectivity index (χ0v) is 21.8. The highest BCUT2D eigenvalue weighted by molar-refractivity contribution is 7.98. The standard InChI is InChI=1S/C30H22FN5S2/c31-24-18-10-11-19-25(24)32-29-35-34-26(38-29)20-37-30-33-27(21-12-4-1-5-13-21)28(22-14-6-2-7-15-22)36(30)23-16-8-3-9-17-23/h1-19H,20H2,(H,32,35). The molecular formula is C30H22FN5S2. The van der Waals surface area contributed by atoms with E-state index in [1.165, 1.54) is 17.4 Å². The summed E-state index contributed by atoms with van der Waals surface area (Å²) >= 11 is 3.00. The van der Waals surface area contributed by atoms with Crippen molar-refractivity contribution in [2.75, 3.05) is 5.32 Å². The molecule has 2 aromatic heterocycles. The van der Waals surface area contributed by atoms with Gasteiger partial charge in [0.2, 0.25) is 5.13 Å². The SMILES string of the molecule is Fc1ccccc1Nc1nnc(CSc2nc(-c3ccccc3)c(-c3ccccc3)n2-c2ccccc2)s1. The summed E-state index contributed by atoms with van der Waals surface area (Å²) in [5, 5.41) is 13.8. The van der Waals surface area contributed by atoms with Gasteiger partial charge in [-0.25, -0.2) is 9.37 Å². The van der Waals surface area contributed by atoms with Crippen molar-refractivity contribution in [3.8, 4) is 28.2 Å². The molecule has 0 bridgehead atoms. The maximum Gasteiger partial charge on any atom is 0.210 e. The minimum absolute atomic E-state index is 0.328. The first kappa shape index (κ1) is 24.1. The molecule has 0 fully saturated rings. The van der Waals surface area contributed by atoms with Crippen molar-refractivity contribution in [2.45, 2.75) is 10.9 Å². The van der Waals surface area contributed by atoms with Gasteiger partial charge in [-0.15, -0.1) is 10.2 Å². The van der Waals surface area contributed by atoms with Crippen molar-refractivity contribution in [2.24, 2.45) is 0 Å². The van der Waals surface area contributed by atoms with Crippen LogP contribution in [-0.2, 0) is 5.75 Å². The van der Waals surface area contributed by atoms with E-state index in [1.54, 1.807) is 30.0 Å². The summed E-state index contributed by atoms with van der Waals surface area (Å²) in [6.45, 7) is 0. The van der Waals surface area contributed by atoms with Gasteiger partial charge in [-0.3, -0.25) is 4.57 Å². The first-order valence-electron chi connectivity index (χ1n) is 12.0. The molecule has 186 valence electrons. The van der Waals surface area contributed by atoms with E-state index in [0.29, 0.717) is 16.6 Å². The first-order valence-corrected chi connectivity index (χ1v) is 13.8. The van der Waals surface area contributed by atoms with Gasteiger partial charge in [-0.05, 0) is 24.3 Å². The molecular weight excluding hydrogens is 513 g/mol. The number of thioether (sulfide) groups is 1. The smallest absolute Gasteiger partial charge is 0.210 e. The monoisotopic (exact) mass is 535 g/mol. The molecule has 0 aliphatic rings.